The molecule has 0 saturated heterocycles. The molecule has 8 heteroatoms. The van der Waals surface area contributed by atoms with Gasteiger partial charge in [0.2, 0.25) is 0 Å². The maximum atomic E-state index is 9.90. The van der Waals surface area contributed by atoms with Crippen molar-refractivity contribution >= 4 is 6.29 Å². The second-order valence-electron chi connectivity index (χ2n) is 5.10. The maximum Gasteiger partial charge on any atom is 0.151 e. The van der Waals surface area contributed by atoms with Gasteiger partial charge in [0, 0.05) is 0 Å². The molecule has 19 heavy (non-hydrogen) atoms. The molecule has 0 unspecified atom stereocenters. The molecule has 0 radical (unpaired) electrons. The van der Waals surface area contributed by atoms with Crippen LogP contribution in [0, 0.1) is 0 Å². The first kappa shape index (κ1) is 20.7. The van der Waals surface area contributed by atoms with E-state index in [1.165, 1.54) is 0 Å². The van der Waals surface area contributed by atoms with Gasteiger partial charge >= 0.3 is 0 Å². The van der Waals surface area contributed by atoms with Gasteiger partial charge in [0.25, 0.3) is 0 Å². The van der Waals surface area contributed by atoms with E-state index in [1.54, 1.807) is 0 Å². The maximum absolute atomic E-state index is 9.90. The van der Waals surface area contributed by atoms with Crippen LogP contribution in [0.2, 0.25) is 0 Å². The van der Waals surface area contributed by atoms with Gasteiger partial charge in [0.1, 0.15) is 31.0 Å². The van der Waals surface area contributed by atoms with Crippen molar-refractivity contribution in [3.8, 4) is 0 Å². The first-order valence-electron chi connectivity index (χ1n) is 5.80. The minimum atomic E-state index is -1.79. The second-order valence-corrected chi connectivity index (χ2v) is 5.10. The molecular formula is C11H26NO7+. The summed E-state index contributed by atoms with van der Waals surface area (Å²) in [6, 6.07) is 0. The summed E-state index contributed by atoms with van der Waals surface area (Å²) < 4.78 is 0.844. The largest absolute Gasteiger partial charge is 0.394 e. The predicted molar refractivity (Wildman–Crippen MR) is 67.2 cm³/mol. The quantitative estimate of drug-likeness (QED) is 0.209. The normalized spacial score (nSPS) is 17.7. The minimum absolute atomic E-state index is 0.0258. The Morgan fingerprint density at radius 2 is 1.47 bits per heavy atom. The zero-order valence-electron chi connectivity index (χ0n) is 11.5. The molecule has 0 heterocycles. The molecule has 116 valence electrons. The summed E-state index contributed by atoms with van der Waals surface area (Å²) in [6.07, 6.45) is -6.84. The van der Waals surface area contributed by atoms with Crippen molar-refractivity contribution in [2.45, 2.75) is 24.4 Å². The SMILES string of the molecule is C[N+](C)(C)CCO.O=[11CH][C@H](O)[C@@H](O)[C@H](O)[C@H](O)CO. The number of nitrogens with zero attached hydrogens (tertiary/aromatic N) is 1. The predicted octanol–water partition coefficient (Wildman–Crippen LogP) is -3.69. The molecule has 0 aromatic rings. The highest BCUT2D eigenvalue weighted by atomic mass is 16.4. The van der Waals surface area contributed by atoms with E-state index in [-0.39, 0.29) is 12.9 Å². The first-order valence-corrected chi connectivity index (χ1v) is 5.80. The fraction of sp³-hybridized carbons (Fsp3) is 0.909. The van der Waals surface area contributed by atoms with Crippen molar-refractivity contribution in [2.24, 2.45) is 0 Å². The van der Waals surface area contributed by atoms with Gasteiger partial charge in [-0.05, 0) is 0 Å². The topological polar surface area (TPSA) is 138 Å². The lowest BCUT2D eigenvalue weighted by Crippen LogP contribution is -2.46. The highest BCUT2D eigenvalue weighted by molar-refractivity contribution is 5.56. The molecule has 0 bridgehead atoms. The Labute approximate surface area is 112 Å². The Bertz CT molecular complexity index is 232. The Balaban J connectivity index is 0. The highest BCUT2D eigenvalue weighted by Gasteiger charge is 2.29. The molecule has 0 aliphatic rings. The van der Waals surface area contributed by atoms with Crippen LogP contribution in [0.25, 0.3) is 0 Å². The molecule has 0 saturated carbocycles. The summed E-state index contributed by atoms with van der Waals surface area (Å²) in [6.45, 7) is 0.354. The van der Waals surface area contributed by atoms with Crippen LogP contribution < -0.4 is 0 Å². The van der Waals surface area contributed by atoms with Crippen LogP contribution in [0.15, 0.2) is 0 Å². The van der Waals surface area contributed by atoms with Gasteiger partial charge in [-0.15, -0.1) is 0 Å². The summed E-state index contributed by atoms with van der Waals surface area (Å²) >= 11 is 0. The van der Waals surface area contributed by atoms with Crippen LogP contribution in [0.5, 0.6) is 0 Å². The van der Waals surface area contributed by atoms with E-state index in [0.29, 0.717) is 0 Å². The molecule has 0 aliphatic heterocycles. The summed E-state index contributed by atoms with van der Waals surface area (Å²) in [5, 5.41) is 51.9. The molecule has 4 atom stereocenters. The van der Waals surface area contributed by atoms with Gasteiger partial charge < -0.3 is 39.9 Å². The molecule has 6 N–H and O–H groups in total. The van der Waals surface area contributed by atoms with E-state index >= 15 is 0 Å². The highest BCUT2D eigenvalue weighted by Crippen LogP contribution is 2.02. The number of rotatable bonds is 7. The Morgan fingerprint density at radius 1 is 1.00 bits per heavy atom. The van der Waals surface area contributed by atoms with E-state index < -0.39 is 31.0 Å². The number of carbonyl (C=O) groups excluding carboxylic acids is 1. The molecule has 0 aromatic carbocycles. The average molecular weight is 283 g/mol. The molecule has 0 amide bonds. The van der Waals surface area contributed by atoms with E-state index in [4.69, 9.17) is 30.6 Å². The van der Waals surface area contributed by atoms with Gasteiger partial charge in [-0.3, -0.25) is 0 Å². The van der Waals surface area contributed by atoms with Crippen molar-refractivity contribution in [1.29, 1.82) is 0 Å². The number of likely N-dealkylation sites (N-methyl/N-ethyl adjacent to an activating group) is 1. The lowest BCUT2D eigenvalue weighted by molar-refractivity contribution is -0.870. The van der Waals surface area contributed by atoms with E-state index in [1.807, 2.05) is 0 Å². The van der Waals surface area contributed by atoms with E-state index in [0.717, 1.165) is 11.0 Å². The monoisotopic (exact) mass is 283 g/mol. The lowest BCUT2D eigenvalue weighted by atomic mass is 9.93. The second kappa shape index (κ2) is 10.2. The number of carbonyl (C=O) groups is 1. The number of hydrogen-bond acceptors (Lipinski definition) is 7. The zero-order valence-corrected chi connectivity index (χ0v) is 11.5. The number of aliphatic hydroxyl groups excluding tert-OH is 6. The summed E-state index contributed by atoms with van der Waals surface area (Å²) in [5.74, 6) is 0. The Kier molecular flexibility index (Phi) is 11.1. The standard InChI is InChI=1S/C6H12O6.C5H14NO/c7-1-3(9)5(11)6(12)4(10)2-8;1-6(2,3)4-5-7/h1,3-6,8-12H,2H2;7H,4-5H2,1-3H3/q;+1/t3-,4+,5+,6+;/m0./s1/i1-1;. The third kappa shape index (κ3) is 11.0. The number of aliphatic hydroxyl groups is 6. The zero-order chi connectivity index (χ0) is 15.6. The van der Waals surface area contributed by atoms with Crippen molar-refractivity contribution in [2.75, 3.05) is 40.9 Å². The van der Waals surface area contributed by atoms with Crippen LogP contribution in [0.3, 0.4) is 0 Å². The fourth-order valence-electron chi connectivity index (χ4n) is 0.918. The van der Waals surface area contributed by atoms with Crippen LogP contribution in [-0.4, -0.2) is 107 Å². The van der Waals surface area contributed by atoms with Gasteiger partial charge in [0.05, 0.1) is 34.4 Å². The average Bonchev–Trinajstić information content (AvgIpc) is 2.34. The third-order valence-electron chi connectivity index (χ3n) is 2.19. The van der Waals surface area contributed by atoms with Gasteiger partial charge in [-0.1, -0.05) is 0 Å². The number of hydrogen-bond donors (Lipinski definition) is 6. The van der Waals surface area contributed by atoms with Gasteiger partial charge in [-0.25, -0.2) is 0 Å². The van der Waals surface area contributed by atoms with E-state index in [9.17, 15) is 4.79 Å². The number of aldehydes is 1. The molecule has 0 rings (SSSR count). The van der Waals surface area contributed by atoms with Gasteiger partial charge in [-0.2, -0.15) is 0 Å². The van der Waals surface area contributed by atoms with Crippen LogP contribution in [-0.2, 0) is 4.79 Å². The van der Waals surface area contributed by atoms with Crippen molar-refractivity contribution in [3.05, 3.63) is 0 Å². The van der Waals surface area contributed by atoms with Crippen LogP contribution >= 0.6 is 0 Å². The Hall–Kier alpha value is -0.610. The van der Waals surface area contributed by atoms with Crippen molar-refractivity contribution in [3.63, 3.8) is 0 Å². The van der Waals surface area contributed by atoms with Crippen molar-refractivity contribution < 1.29 is 39.9 Å². The van der Waals surface area contributed by atoms with Crippen LogP contribution in [0.4, 0.5) is 0 Å². The molecule has 0 aromatic heterocycles. The molecule has 8 nitrogen and oxygen atoms in total. The molecular weight excluding hydrogens is 257 g/mol. The Morgan fingerprint density at radius 3 is 1.68 bits per heavy atom. The summed E-state index contributed by atoms with van der Waals surface area (Å²) in [7, 11) is 6.16. The van der Waals surface area contributed by atoms with Crippen molar-refractivity contribution in [1.82, 2.24) is 0 Å². The summed E-state index contributed by atoms with van der Waals surface area (Å²) in [5.41, 5.74) is 0. The molecule has 0 aliphatic carbocycles. The first-order chi connectivity index (χ1) is 8.60. The smallest absolute Gasteiger partial charge is 0.151 e. The molecule has 0 spiro atoms. The number of quaternary nitrogens is 1. The third-order valence-corrected chi connectivity index (χ3v) is 2.19. The van der Waals surface area contributed by atoms with Crippen LogP contribution in [0.1, 0.15) is 0 Å². The fourth-order valence-corrected chi connectivity index (χ4v) is 0.918. The lowest BCUT2D eigenvalue weighted by Gasteiger charge is -2.22. The van der Waals surface area contributed by atoms with Gasteiger partial charge in [0.15, 0.2) is 6.29 Å². The minimum Gasteiger partial charge on any atom is -0.394 e. The summed E-state index contributed by atoms with van der Waals surface area (Å²) in [4.78, 5) is 9.90. The van der Waals surface area contributed by atoms with E-state index in [2.05, 4.69) is 21.1 Å². The molecule has 0 fully saturated rings.